The van der Waals surface area contributed by atoms with Crippen LogP contribution in [0.1, 0.15) is 77.9 Å². The van der Waals surface area contributed by atoms with Gasteiger partial charge >= 0.3 is 5.97 Å². The first-order chi connectivity index (χ1) is 20.5. The number of nitrogens with zero attached hydrogens (tertiary/aromatic N) is 1. The van der Waals surface area contributed by atoms with E-state index in [1.54, 1.807) is 36.4 Å². The van der Waals surface area contributed by atoms with Gasteiger partial charge in [0.2, 0.25) is 0 Å². The Bertz CT molecular complexity index is 1710. The maximum absolute atomic E-state index is 12.3. The molecular formula is C34H31Cl3N2O4. The van der Waals surface area contributed by atoms with Crippen molar-refractivity contribution in [2.75, 3.05) is 7.11 Å². The highest BCUT2D eigenvalue weighted by atomic mass is 35.5. The van der Waals surface area contributed by atoms with Crippen LogP contribution >= 0.6 is 34.8 Å². The Morgan fingerprint density at radius 3 is 2.42 bits per heavy atom. The monoisotopic (exact) mass is 636 g/mol. The number of nitrogens with one attached hydrogen (secondary N) is 1. The molecule has 222 valence electrons. The maximum atomic E-state index is 12.3. The number of carbonyl (C=O) groups is 1. The van der Waals surface area contributed by atoms with Crippen LogP contribution in [0, 0.1) is 11.8 Å². The molecule has 4 aromatic rings. The molecule has 1 aliphatic carbocycles. The number of halogens is 3. The van der Waals surface area contributed by atoms with Gasteiger partial charge in [0.1, 0.15) is 23.8 Å². The third-order valence-corrected chi connectivity index (χ3v) is 7.81. The van der Waals surface area contributed by atoms with Crippen LogP contribution in [0.5, 0.6) is 5.75 Å². The molecule has 0 amide bonds. The third-order valence-electron chi connectivity index (χ3n) is 6.87. The summed E-state index contributed by atoms with van der Waals surface area (Å²) in [4.78, 5) is 12.3. The molecule has 5 rings (SSSR count). The van der Waals surface area contributed by atoms with Gasteiger partial charge in [0.25, 0.3) is 0 Å². The van der Waals surface area contributed by atoms with Crippen LogP contribution in [-0.4, -0.2) is 23.8 Å². The number of carbonyl (C=O) groups excluding carboxylic acids is 1. The number of aromatic nitrogens is 1. The second-order valence-corrected chi connectivity index (χ2v) is 12.7. The summed E-state index contributed by atoms with van der Waals surface area (Å²) in [5.74, 6) is 7.52. The lowest BCUT2D eigenvalue weighted by Crippen LogP contribution is -2.35. The Balaban J connectivity index is 1.36. The van der Waals surface area contributed by atoms with Gasteiger partial charge in [0, 0.05) is 40.8 Å². The smallest absolute Gasteiger partial charge is 0.337 e. The molecule has 0 unspecified atom stereocenters. The summed E-state index contributed by atoms with van der Waals surface area (Å²) in [7, 11) is 1.36. The van der Waals surface area contributed by atoms with E-state index in [0.29, 0.717) is 61.2 Å². The lowest BCUT2D eigenvalue weighted by atomic mass is 10.0. The van der Waals surface area contributed by atoms with E-state index in [1.165, 1.54) is 7.11 Å². The Kier molecular flexibility index (Phi) is 9.39. The van der Waals surface area contributed by atoms with Crippen LogP contribution in [-0.2, 0) is 17.9 Å². The van der Waals surface area contributed by atoms with Crippen LogP contribution in [0.2, 0.25) is 15.1 Å². The lowest BCUT2D eigenvalue weighted by molar-refractivity contribution is 0.0600. The molecule has 1 heterocycles. The van der Waals surface area contributed by atoms with Gasteiger partial charge in [0.15, 0.2) is 0 Å². The quantitative estimate of drug-likeness (QED) is 0.154. The summed E-state index contributed by atoms with van der Waals surface area (Å²) in [6, 6.07) is 16.1. The molecule has 1 saturated carbocycles. The minimum absolute atomic E-state index is 0.0821. The molecule has 3 aromatic carbocycles. The van der Waals surface area contributed by atoms with Crippen molar-refractivity contribution in [2.24, 2.45) is 0 Å². The Morgan fingerprint density at radius 1 is 1.02 bits per heavy atom. The molecule has 1 aliphatic rings. The fraction of sp³-hybridized carbons (Fsp3) is 0.294. The molecule has 1 fully saturated rings. The SMILES string of the molecule is COC(=O)c1cc(C#Cc2ccc(OCc3c(-c4c(Cl)cccc4Cl)noc3C3CC3)cc2Cl)cc(CNC(C)(C)C)c1. The minimum Gasteiger partial charge on any atom is -0.489 e. The molecule has 0 radical (unpaired) electrons. The second kappa shape index (κ2) is 13.0. The molecular weight excluding hydrogens is 607 g/mol. The van der Waals surface area contributed by atoms with E-state index in [9.17, 15) is 4.79 Å². The van der Waals surface area contributed by atoms with Gasteiger partial charge in [-0.1, -0.05) is 57.9 Å². The number of hydrogen-bond donors (Lipinski definition) is 1. The summed E-state index contributed by atoms with van der Waals surface area (Å²) in [6.45, 7) is 7.03. The first-order valence-corrected chi connectivity index (χ1v) is 15.0. The van der Waals surface area contributed by atoms with E-state index in [2.05, 4.69) is 43.1 Å². The third kappa shape index (κ3) is 7.74. The summed E-state index contributed by atoms with van der Waals surface area (Å²) in [5, 5.41) is 9.17. The summed E-state index contributed by atoms with van der Waals surface area (Å²) in [5.41, 5.74) is 4.60. The van der Waals surface area contributed by atoms with Crippen molar-refractivity contribution >= 4 is 40.8 Å². The van der Waals surface area contributed by atoms with E-state index >= 15 is 0 Å². The number of hydrogen-bond acceptors (Lipinski definition) is 6. The zero-order valence-electron chi connectivity index (χ0n) is 24.3. The fourth-order valence-corrected chi connectivity index (χ4v) is 5.29. The van der Waals surface area contributed by atoms with Crippen LogP contribution < -0.4 is 10.1 Å². The van der Waals surface area contributed by atoms with E-state index in [4.69, 9.17) is 48.8 Å². The van der Waals surface area contributed by atoms with Gasteiger partial charge in [-0.05, 0) is 81.6 Å². The highest BCUT2D eigenvalue weighted by Crippen LogP contribution is 2.46. The molecule has 43 heavy (non-hydrogen) atoms. The van der Waals surface area contributed by atoms with Gasteiger partial charge < -0.3 is 19.3 Å². The van der Waals surface area contributed by atoms with E-state index in [-0.39, 0.29) is 12.1 Å². The van der Waals surface area contributed by atoms with Crippen LogP contribution in [0.4, 0.5) is 0 Å². The molecule has 6 nitrogen and oxygen atoms in total. The fourth-order valence-electron chi connectivity index (χ4n) is 4.50. The normalized spacial score (nSPS) is 12.9. The molecule has 1 N–H and O–H groups in total. The zero-order valence-corrected chi connectivity index (χ0v) is 26.6. The van der Waals surface area contributed by atoms with Crippen molar-refractivity contribution in [3.05, 3.63) is 103 Å². The highest BCUT2D eigenvalue weighted by molar-refractivity contribution is 6.39. The van der Waals surface area contributed by atoms with Crippen LogP contribution in [0.3, 0.4) is 0 Å². The first-order valence-electron chi connectivity index (χ1n) is 13.9. The maximum Gasteiger partial charge on any atom is 0.337 e. The van der Waals surface area contributed by atoms with E-state index in [1.807, 2.05) is 18.2 Å². The second-order valence-electron chi connectivity index (χ2n) is 11.4. The molecule has 0 aliphatic heterocycles. The molecule has 0 spiro atoms. The van der Waals surface area contributed by atoms with Crippen molar-refractivity contribution in [1.82, 2.24) is 10.5 Å². The average molecular weight is 638 g/mol. The van der Waals surface area contributed by atoms with Gasteiger partial charge in [-0.25, -0.2) is 4.79 Å². The zero-order chi connectivity index (χ0) is 30.7. The predicted molar refractivity (Wildman–Crippen MR) is 170 cm³/mol. The minimum atomic E-state index is -0.419. The van der Waals surface area contributed by atoms with Crippen molar-refractivity contribution < 1.29 is 18.8 Å². The van der Waals surface area contributed by atoms with Gasteiger partial charge in [-0.2, -0.15) is 0 Å². The standard InChI is InChI=1S/C34H31Cl3N2O4/c1-34(2,3)38-18-21-14-20(15-24(16-21)33(40)41-4)8-9-22-12-13-25(17-29(22)37)42-19-26-31(39-43-32(26)23-10-11-23)30-27(35)6-5-7-28(30)36/h5-7,12-17,23,38H,10-11,18-19H2,1-4H3. The summed E-state index contributed by atoms with van der Waals surface area (Å²) < 4.78 is 16.8. The summed E-state index contributed by atoms with van der Waals surface area (Å²) >= 11 is 19.6. The number of rotatable bonds is 8. The van der Waals surface area contributed by atoms with Gasteiger partial charge in [-0.3, -0.25) is 0 Å². The number of methoxy groups -OCH3 is 1. The largest absolute Gasteiger partial charge is 0.489 e. The predicted octanol–water partition coefficient (Wildman–Crippen LogP) is 8.83. The highest BCUT2D eigenvalue weighted by Gasteiger charge is 2.33. The van der Waals surface area contributed by atoms with Crippen LogP contribution in [0.25, 0.3) is 11.3 Å². The number of benzene rings is 3. The molecule has 1 aromatic heterocycles. The Labute approximate surface area is 266 Å². The number of ether oxygens (including phenoxy) is 2. The van der Waals surface area contributed by atoms with Crippen molar-refractivity contribution in [3.8, 4) is 28.8 Å². The van der Waals surface area contributed by atoms with Gasteiger partial charge in [-0.15, -0.1) is 0 Å². The topological polar surface area (TPSA) is 73.6 Å². The van der Waals surface area contributed by atoms with Crippen molar-refractivity contribution in [2.45, 2.75) is 58.2 Å². The van der Waals surface area contributed by atoms with Crippen molar-refractivity contribution in [3.63, 3.8) is 0 Å². The summed E-state index contributed by atoms with van der Waals surface area (Å²) in [6.07, 6.45) is 2.07. The van der Waals surface area contributed by atoms with Gasteiger partial charge in [0.05, 0.1) is 33.3 Å². The van der Waals surface area contributed by atoms with Crippen molar-refractivity contribution in [1.29, 1.82) is 0 Å². The van der Waals surface area contributed by atoms with E-state index < -0.39 is 5.97 Å². The molecule has 9 heteroatoms. The Hall–Kier alpha value is -3.47. The molecule has 0 saturated heterocycles. The first kappa shape index (κ1) is 31.0. The lowest BCUT2D eigenvalue weighted by Gasteiger charge is -2.20. The Morgan fingerprint density at radius 2 is 1.77 bits per heavy atom. The molecule has 0 bridgehead atoms. The molecule has 0 atom stereocenters. The van der Waals surface area contributed by atoms with E-state index in [0.717, 1.165) is 29.7 Å². The number of esters is 1. The average Bonchev–Trinajstić information content (AvgIpc) is 3.73. The van der Waals surface area contributed by atoms with Crippen LogP contribution in [0.15, 0.2) is 59.1 Å².